The lowest BCUT2D eigenvalue weighted by Crippen LogP contribution is -2.41. The quantitative estimate of drug-likeness (QED) is 0.582. The van der Waals surface area contributed by atoms with Crippen molar-refractivity contribution in [2.45, 2.75) is 25.5 Å². The molecule has 0 fully saturated rings. The van der Waals surface area contributed by atoms with Gasteiger partial charge in [0, 0.05) is 5.56 Å². The number of ether oxygens (including phenoxy) is 2. The SMILES string of the molecule is Cc1ccccc1CN1C(=O)C(O)(CC(=O)/C=C/c2ccc3c(c2)OCO3)c2ccccc21. The van der Waals surface area contributed by atoms with E-state index in [2.05, 4.69) is 0 Å². The number of benzene rings is 3. The largest absolute Gasteiger partial charge is 0.454 e. The number of carbonyl (C=O) groups is 2. The molecule has 0 saturated carbocycles. The van der Waals surface area contributed by atoms with Crippen molar-refractivity contribution in [3.8, 4) is 11.5 Å². The second-order valence-electron chi connectivity index (χ2n) is 8.28. The van der Waals surface area contributed by atoms with E-state index in [0.29, 0.717) is 29.3 Å². The van der Waals surface area contributed by atoms with Crippen molar-refractivity contribution in [3.63, 3.8) is 0 Å². The Kier molecular flexibility index (Phi) is 5.23. The highest BCUT2D eigenvalue weighted by atomic mass is 16.7. The van der Waals surface area contributed by atoms with E-state index in [9.17, 15) is 14.7 Å². The number of hydrogen-bond acceptors (Lipinski definition) is 5. The summed E-state index contributed by atoms with van der Waals surface area (Å²) >= 11 is 0. The smallest absolute Gasteiger partial charge is 0.264 e. The normalized spacial score (nSPS) is 18.7. The van der Waals surface area contributed by atoms with E-state index in [1.54, 1.807) is 41.3 Å². The lowest BCUT2D eigenvalue weighted by atomic mass is 9.89. The molecule has 0 bridgehead atoms. The van der Waals surface area contributed by atoms with Gasteiger partial charge in [0.05, 0.1) is 18.7 Å². The molecule has 6 nitrogen and oxygen atoms in total. The van der Waals surface area contributed by atoms with Gasteiger partial charge < -0.3 is 19.5 Å². The molecular formula is C27H23NO5. The van der Waals surface area contributed by atoms with E-state index >= 15 is 0 Å². The minimum atomic E-state index is -1.91. The monoisotopic (exact) mass is 441 g/mol. The van der Waals surface area contributed by atoms with Crippen LogP contribution in [0.3, 0.4) is 0 Å². The maximum atomic E-state index is 13.4. The van der Waals surface area contributed by atoms with Gasteiger partial charge in [-0.15, -0.1) is 0 Å². The summed E-state index contributed by atoms with van der Waals surface area (Å²) < 4.78 is 10.7. The van der Waals surface area contributed by atoms with Crippen LogP contribution in [0.1, 0.15) is 28.7 Å². The summed E-state index contributed by atoms with van der Waals surface area (Å²) in [4.78, 5) is 27.8. The molecule has 2 aliphatic heterocycles. The zero-order valence-corrected chi connectivity index (χ0v) is 18.2. The van der Waals surface area contributed by atoms with Crippen molar-refractivity contribution in [2.75, 3.05) is 11.7 Å². The lowest BCUT2D eigenvalue weighted by molar-refractivity contribution is -0.140. The molecule has 166 valence electrons. The van der Waals surface area contributed by atoms with Gasteiger partial charge in [0.2, 0.25) is 6.79 Å². The number of aliphatic hydroxyl groups is 1. The minimum absolute atomic E-state index is 0.176. The van der Waals surface area contributed by atoms with Crippen molar-refractivity contribution in [1.29, 1.82) is 0 Å². The molecule has 3 aromatic rings. The Hall–Kier alpha value is -3.90. The van der Waals surface area contributed by atoms with Gasteiger partial charge in [-0.05, 0) is 47.9 Å². The maximum Gasteiger partial charge on any atom is 0.264 e. The number of nitrogens with zero attached hydrogens (tertiary/aromatic N) is 1. The first-order valence-electron chi connectivity index (χ1n) is 10.7. The number of aryl methyl sites for hydroxylation is 1. The minimum Gasteiger partial charge on any atom is -0.454 e. The average Bonchev–Trinajstić information content (AvgIpc) is 3.36. The predicted molar refractivity (Wildman–Crippen MR) is 124 cm³/mol. The van der Waals surface area contributed by atoms with Crippen molar-refractivity contribution >= 4 is 23.5 Å². The number of para-hydroxylation sites is 1. The molecule has 2 aliphatic rings. The number of rotatable bonds is 6. The van der Waals surface area contributed by atoms with Gasteiger partial charge in [-0.1, -0.05) is 54.6 Å². The third-order valence-corrected chi connectivity index (χ3v) is 6.12. The fraction of sp³-hybridized carbons (Fsp3) is 0.185. The van der Waals surface area contributed by atoms with Gasteiger partial charge in [-0.2, -0.15) is 0 Å². The van der Waals surface area contributed by atoms with Gasteiger partial charge >= 0.3 is 0 Å². The highest BCUT2D eigenvalue weighted by Gasteiger charge is 2.50. The van der Waals surface area contributed by atoms with Crippen molar-refractivity contribution in [2.24, 2.45) is 0 Å². The standard InChI is InChI=1S/C27H23NO5/c1-18-6-2-3-7-20(18)16-28-23-9-5-4-8-22(23)27(31,26(28)30)15-21(29)12-10-19-11-13-24-25(14-19)33-17-32-24/h2-14,31H,15-17H2,1H3/b12-10+. The second-order valence-corrected chi connectivity index (χ2v) is 8.28. The van der Waals surface area contributed by atoms with Crippen LogP contribution in [-0.2, 0) is 21.7 Å². The Balaban J connectivity index is 1.38. The third-order valence-electron chi connectivity index (χ3n) is 6.12. The Labute approximate surface area is 191 Å². The van der Waals surface area contributed by atoms with Crippen LogP contribution in [0.2, 0.25) is 0 Å². The van der Waals surface area contributed by atoms with Crippen molar-refractivity contribution in [1.82, 2.24) is 0 Å². The van der Waals surface area contributed by atoms with E-state index in [1.807, 2.05) is 43.3 Å². The zero-order chi connectivity index (χ0) is 23.0. The fourth-order valence-electron chi connectivity index (χ4n) is 4.31. The summed E-state index contributed by atoms with van der Waals surface area (Å²) in [6.07, 6.45) is 2.69. The summed E-state index contributed by atoms with van der Waals surface area (Å²) in [6, 6.07) is 20.3. The first kappa shape index (κ1) is 21.0. The molecule has 0 aromatic heterocycles. The molecular weight excluding hydrogens is 418 g/mol. The number of fused-ring (bicyclic) bond motifs is 2. The van der Waals surface area contributed by atoms with E-state index < -0.39 is 11.5 Å². The van der Waals surface area contributed by atoms with E-state index in [4.69, 9.17) is 9.47 Å². The van der Waals surface area contributed by atoms with Crippen LogP contribution in [0.15, 0.2) is 72.8 Å². The molecule has 1 N–H and O–H groups in total. The lowest BCUT2D eigenvalue weighted by Gasteiger charge is -2.23. The molecule has 6 heteroatoms. The van der Waals surface area contributed by atoms with Crippen molar-refractivity contribution < 1.29 is 24.2 Å². The zero-order valence-electron chi connectivity index (χ0n) is 18.2. The van der Waals surface area contributed by atoms with Gasteiger partial charge in [0.15, 0.2) is 22.9 Å². The molecule has 33 heavy (non-hydrogen) atoms. The molecule has 2 heterocycles. The Morgan fingerprint density at radius 1 is 1.06 bits per heavy atom. The Morgan fingerprint density at radius 3 is 2.67 bits per heavy atom. The topological polar surface area (TPSA) is 76.1 Å². The summed E-state index contributed by atoms with van der Waals surface area (Å²) in [7, 11) is 0. The molecule has 1 unspecified atom stereocenters. The first-order valence-corrected chi connectivity index (χ1v) is 10.7. The number of carbonyl (C=O) groups excluding carboxylic acids is 2. The van der Waals surface area contributed by atoms with Gasteiger partial charge in [-0.3, -0.25) is 9.59 Å². The molecule has 5 rings (SSSR count). The van der Waals surface area contributed by atoms with Gasteiger partial charge in [0.25, 0.3) is 5.91 Å². The van der Waals surface area contributed by atoms with Crippen LogP contribution < -0.4 is 14.4 Å². The fourth-order valence-corrected chi connectivity index (χ4v) is 4.31. The van der Waals surface area contributed by atoms with Gasteiger partial charge in [-0.25, -0.2) is 0 Å². The van der Waals surface area contributed by atoms with Crippen LogP contribution in [0.5, 0.6) is 11.5 Å². The Bertz CT molecular complexity index is 1280. The van der Waals surface area contributed by atoms with E-state index in [1.165, 1.54) is 6.08 Å². The molecule has 0 saturated heterocycles. The molecule has 0 spiro atoms. The molecule has 0 radical (unpaired) electrons. The van der Waals surface area contributed by atoms with E-state index in [-0.39, 0.29) is 19.0 Å². The predicted octanol–water partition coefficient (Wildman–Crippen LogP) is 4.13. The average molecular weight is 441 g/mol. The highest BCUT2D eigenvalue weighted by Crippen LogP contribution is 2.43. The number of allylic oxidation sites excluding steroid dienone is 1. The first-order chi connectivity index (χ1) is 16.0. The molecule has 1 amide bonds. The number of hydrogen-bond donors (Lipinski definition) is 1. The Morgan fingerprint density at radius 2 is 1.82 bits per heavy atom. The van der Waals surface area contributed by atoms with Crippen LogP contribution in [0.4, 0.5) is 5.69 Å². The summed E-state index contributed by atoms with van der Waals surface area (Å²) in [5.74, 6) is 0.442. The van der Waals surface area contributed by atoms with Gasteiger partial charge in [0.1, 0.15) is 0 Å². The molecule has 0 aliphatic carbocycles. The molecule has 1 atom stereocenters. The summed E-state index contributed by atoms with van der Waals surface area (Å²) in [5.41, 5.74) is 1.98. The van der Waals surface area contributed by atoms with Crippen LogP contribution in [-0.4, -0.2) is 23.6 Å². The van der Waals surface area contributed by atoms with Crippen LogP contribution in [0, 0.1) is 6.92 Å². The van der Waals surface area contributed by atoms with Crippen LogP contribution in [0.25, 0.3) is 6.08 Å². The second kappa shape index (κ2) is 8.22. The number of ketones is 1. The number of amides is 1. The third kappa shape index (κ3) is 3.79. The highest BCUT2D eigenvalue weighted by molar-refractivity contribution is 6.10. The number of anilines is 1. The van der Waals surface area contributed by atoms with Crippen LogP contribution >= 0.6 is 0 Å². The van der Waals surface area contributed by atoms with E-state index in [0.717, 1.165) is 16.7 Å². The summed E-state index contributed by atoms with van der Waals surface area (Å²) in [6.45, 7) is 2.49. The maximum absolute atomic E-state index is 13.4. The summed E-state index contributed by atoms with van der Waals surface area (Å²) in [5, 5.41) is 11.4. The van der Waals surface area contributed by atoms with Crippen molar-refractivity contribution in [3.05, 3.63) is 95.1 Å². The molecule has 3 aromatic carbocycles.